The number of hydrogen-bond acceptors (Lipinski definition) is 8. The minimum atomic E-state index is -0.643. The number of hydrogen-bond donors (Lipinski definition) is 1. The standard InChI is InChI=1S/C21H19FN6OS/c22-15-11-24-21(27-20(15)23)29-14-5-7-28(8-6-14)19-10-16(25-12-26-19)18-9-13-3-1-2-4-17(13)30-18/h1-4,9-12,14H,5-8H2,(H2,23,24,27). The third-order valence-electron chi connectivity index (χ3n) is 5.12. The Balaban J connectivity index is 1.27. The van der Waals surface area contributed by atoms with E-state index in [1.807, 2.05) is 18.2 Å². The molecule has 7 nitrogen and oxygen atoms in total. The molecule has 1 aliphatic heterocycles. The number of anilines is 2. The molecular weight excluding hydrogens is 403 g/mol. The van der Waals surface area contributed by atoms with Crippen LogP contribution in [0.15, 0.2) is 48.9 Å². The average Bonchev–Trinajstić information content (AvgIpc) is 3.21. The number of halogens is 1. The molecule has 0 spiro atoms. The predicted octanol–water partition coefficient (Wildman–Crippen LogP) is 3.92. The van der Waals surface area contributed by atoms with Gasteiger partial charge in [0.25, 0.3) is 0 Å². The fourth-order valence-electron chi connectivity index (χ4n) is 3.53. The lowest BCUT2D eigenvalue weighted by atomic mass is 10.1. The van der Waals surface area contributed by atoms with Gasteiger partial charge in [-0.3, -0.25) is 0 Å². The van der Waals surface area contributed by atoms with Gasteiger partial charge in [-0.15, -0.1) is 11.3 Å². The Hall–Kier alpha value is -3.33. The SMILES string of the molecule is Nc1nc(OC2CCN(c3cc(-c4cc5ccccc5s4)ncn3)CC2)ncc1F. The van der Waals surface area contributed by atoms with Gasteiger partial charge in [-0.05, 0) is 17.5 Å². The van der Waals surface area contributed by atoms with Crippen molar-refractivity contribution in [3.63, 3.8) is 0 Å². The van der Waals surface area contributed by atoms with Gasteiger partial charge in [0.1, 0.15) is 18.2 Å². The van der Waals surface area contributed by atoms with Crippen molar-refractivity contribution in [2.24, 2.45) is 0 Å². The van der Waals surface area contributed by atoms with Gasteiger partial charge in [-0.2, -0.15) is 4.98 Å². The van der Waals surface area contributed by atoms with Crippen LogP contribution in [0.1, 0.15) is 12.8 Å². The highest BCUT2D eigenvalue weighted by atomic mass is 32.1. The van der Waals surface area contributed by atoms with Crippen LogP contribution in [0.3, 0.4) is 0 Å². The fourth-order valence-corrected chi connectivity index (χ4v) is 4.57. The monoisotopic (exact) mass is 422 g/mol. The predicted molar refractivity (Wildman–Crippen MR) is 115 cm³/mol. The molecule has 2 N–H and O–H groups in total. The van der Waals surface area contributed by atoms with Crippen molar-refractivity contribution in [1.82, 2.24) is 19.9 Å². The fraction of sp³-hybridized carbons (Fsp3) is 0.238. The van der Waals surface area contributed by atoms with E-state index in [1.54, 1.807) is 17.7 Å². The molecule has 4 heterocycles. The number of benzene rings is 1. The molecule has 3 aromatic heterocycles. The van der Waals surface area contributed by atoms with Crippen LogP contribution in [-0.4, -0.2) is 39.1 Å². The van der Waals surface area contributed by atoms with Crippen LogP contribution < -0.4 is 15.4 Å². The Morgan fingerprint density at radius 1 is 1.10 bits per heavy atom. The molecule has 1 fully saturated rings. The summed E-state index contributed by atoms with van der Waals surface area (Å²) < 4.78 is 20.2. The molecule has 0 aliphatic carbocycles. The highest BCUT2D eigenvalue weighted by Gasteiger charge is 2.23. The van der Waals surface area contributed by atoms with Gasteiger partial charge in [-0.1, -0.05) is 18.2 Å². The third-order valence-corrected chi connectivity index (χ3v) is 6.26. The van der Waals surface area contributed by atoms with Gasteiger partial charge in [-0.25, -0.2) is 19.3 Å². The molecule has 5 rings (SSSR count). The Bertz CT molecular complexity index is 1160. The lowest BCUT2D eigenvalue weighted by molar-refractivity contribution is 0.156. The number of nitrogen functional groups attached to an aromatic ring is 1. The largest absolute Gasteiger partial charge is 0.460 e. The Labute approximate surface area is 176 Å². The van der Waals surface area contributed by atoms with E-state index >= 15 is 0 Å². The summed E-state index contributed by atoms with van der Waals surface area (Å²) >= 11 is 1.73. The summed E-state index contributed by atoms with van der Waals surface area (Å²) in [5, 5.41) is 1.22. The zero-order valence-corrected chi connectivity index (χ0v) is 16.8. The van der Waals surface area contributed by atoms with Gasteiger partial charge >= 0.3 is 6.01 Å². The summed E-state index contributed by atoms with van der Waals surface area (Å²) in [7, 11) is 0. The number of rotatable bonds is 4. The minimum absolute atomic E-state index is 0.0463. The van der Waals surface area contributed by atoms with Crippen LogP contribution >= 0.6 is 11.3 Å². The smallest absolute Gasteiger partial charge is 0.318 e. The number of nitrogens with two attached hydrogens (primary N) is 1. The summed E-state index contributed by atoms with van der Waals surface area (Å²) in [4.78, 5) is 20.0. The number of thiophene rings is 1. The van der Waals surface area contributed by atoms with Crippen LogP contribution in [0.25, 0.3) is 20.7 Å². The van der Waals surface area contributed by atoms with E-state index in [1.165, 1.54) is 10.1 Å². The van der Waals surface area contributed by atoms with Crippen molar-refractivity contribution >= 4 is 33.1 Å². The molecule has 4 aromatic rings. The van der Waals surface area contributed by atoms with Crippen LogP contribution in [-0.2, 0) is 0 Å². The second-order valence-corrected chi connectivity index (χ2v) is 8.18. The van der Waals surface area contributed by atoms with Crippen molar-refractivity contribution in [2.45, 2.75) is 18.9 Å². The molecule has 0 unspecified atom stereocenters. The molecule has 30 heavy (non-hydrogen) atoms. The van der Waals surface area contributed by atoms with Crippen LogP contribution in [0.5, 0.6) is 6.01 Å². The molecule has 0 atom stereocenters. The molecule has 9 heteroatoms. The van der Waals surface area contributed by atoms with Gasteiger partial charge in [0.05, 0.1) is 16.8 Å². The lowest BCUT2D eigenvalue weighted by Crippen LogP contribution is -2.39. The zero-order chi connectivity index (χ0) is 20.5. The van der Waals surface area contributed by atoms with Crippen molar-refractivity contribution in [2.75, 3.05) is 23.7 Å². The number of aromatic nitrogens is 4. The Morgan fingerprint density at radius 3 is 2.73 bits per heavy atom. The maximum absolute atomic E-state index is 13.2. The number of nitrogens with zero attached hydrogens (tertiary/aromatic N) is 5. The summed E-state index contributed by atoms with van der Waals surface area (Å²) in [6.45, 7) is 1.56. The maximum Gasteiger partial charge on any atom is 0.318 e. The zero-order valence-electron chi connectivity index (χ0n) is 16.0. The molecule has 0 saturated carbocycles. The van der Waals surface area contributed by atoms with E-state index in [4.69, 9.17) is 10.5 Å². The first-order chi connectivity index (χ1) is 14.7. The van der Waals surface area contributed by atoms with E-state index in [9.17, 15) is 4.39 Å². The summed E-state index contributed by atoms with van der Waals surface area (Å²) in [5.74, 6) is 0.0562. The van der Waals surface area contributed by atoms with E-state index in [-0.39, 0.29) is 17.9 Å². The number of ether oxygens (including phenoxy) is 1. The number of piperidine rings is 1. The summed E-state index contributed by atoms with van der Waals surface area (Å²) in [5.41, 5.74) is 6.41. The second kappa shape index (κ2) is 7.83. The topological polar surface area (TPSA) is 90.1 Å². The molecule has 1 saturated heterocycles. The van der Waals surface area contributed by atoms with E-state index in [2.05, 4.69) is 43.0 Å². The number of fused-ring (bicyclic) bond motifs is 1. The van der Waals surface area contributed by atoms with Gasteiger partial charge in [0, 0.05) is 36.7 Å². The Morgan fingerprint density at radius 2 is 1.93 bits per heavy atom. The van der Waals surface area contributed by atoms with Crippen molar-refractivity contribution in [3.8, 4) is 16.6 Å². The van der Waals surface area contributed by atoms with E-state index in [0.29, 0.717) is 0 Å². The second-order valence-electron chi connectivity index (χ2n) is 7.10. The highest BCUT2D eigenvalue weighted by molar-refractivity contribution is 7.22. The first-order valence-electron chi connectivity index (χ1n) is 9.66. The minimum Gasteiger partial charge on any atom is -0.460 e. The molecule has 0 bridgehead atoms. The van der Waals surface area contributed by atoms with E-state index < -0.39 is 5.82 Å². The average molecular weight is 422 g/mol. The van der Waals surface area contributed by atoms with Crippen molar-refractivity contribution in [1.29, 1.82) is 0 Å². The van der Waals surface area contributed by atoms with Crippen molar-refractivity contribution in [3.05, 3.63) is 54.7 Å². The van der Waals surface area contributed by atoms with Crippen LogP contribution in [0, 0.1) is 5.82 Å². The Kier molecular flexibility index (Phi) is 4.88. The summed E-state index contributed by atoms with van der Waals surface area (Å²) in [6, 6.07) is 12.6. The quantitative estimate of drug-likeness (QED) is 0.533. The van der Waals surface area contributed by atoms with Crippen molar-refractivity contribution < 1.29 is 9.13 Å². The first kappa shape index (κ1) is 18.7. The van der Waals surface area contributed by atoms with Gasteiger partial charge < -0.3 is 15.4 Å². The van der Waals surface area contributed by atoms with E-state index in [0.717, 1.165) is 48.5 Å². The molecule has 152 valence electrons. The molecule has 0 amide bonds. The normalized spacial score (nSPS) is 14.9. The van der Waals surface area contributed by atoms with Gasteiger partial charge in [0.15, 0.2) is 11.6 Å². The molecule has 1 aromatic carbocycles. The van der Waals surface area contributed by atoms with Gasteiger partial charge in [0.2, 0.25) is 0 Å². The lowest BCUT2D eigenvalue weighted by Gasteiger charge is -2.32. The van der Waals surface area contributed by atoms with Crippen LogP contribution in [0.2, 0.25) is 0 Å². The first-order valence-corrected chi connectivity index (χ1v) is 10.5. The molecule has 1 aliphatic rings. The summed E-state index contributed by atoms with van der Waals surface area (Å²) in [6.07, 6.45) is 4.16. The highest BCUT2D eigenvalue weighted by Crippen LogP contribution is 2.33. The maximum atomic E-state index is 13.2. The third kappa shape index (κ3) is 3.76. The van der Waals surface area contributed by atoms with Crippen LogP contribution in [0.4, 0.5) is 16.0 Å². The molecule has 0 radical (unpaired) electrons. The molecular formula is C21H19FN6OS.